The van der Waals surface area contributed by atoms with Gasteiger partial charge in [0.15, 0.2) is 5.82 Å². The molecule has 0 spiro atoms. The van der Waals surface area contributed by atoms with Crippen LogP contribution in [-0.4, -0.2) is 27.0 Å². The smallest absolute Gasteiger partial charge is 0.152 e. The minimum absolute atomic E-state index is 0. The summed E-state index contributed by atoms with van der Waals surface area (Å²) in [6.45, 7) is 3.70. The van der Waals surface area contributed by atoms with E-state index >= 15 is 0 Å². The van der Waals surface area contributed by atoms with E-state index in [2.05, 4.69) is 14.5 Å². The first-order valence-electron chi connectivity index (χ1n) is 6.93. The summed E-state index contributed by atoms with van der Waals surface area (Å²) in [4.78, 5) is 9.04. The quantitative estimate of drug-likeness (QED) is 0.723. The highest BCUT2D eigenvalue weighted by Gasteiger charge is 2.16. The average Bonchev–Trinajstić information content (AvgIpc) is 2.85. The number of rotatable bonds is 5. The lowest BCUT2D eigenvalue weighted by molar-refractivity contribution is 0.126. The van der Waals surface area contributed by atoms with Crippen LogP contribution in [0.15, 0.2) is 24.3 Å². The van der Waals surface area contributed by atoms with E-state index in [1.54, 1.807) is 0 Å². The van der Waals surface area contributed by atoms with Gasteiger partial charge in [-0.25, -0.2) is 9.97 Å². The van der Waals surface area contributed by atoms with Gasteiger partial charge in [-0.1, -0.05) is 18.2 Å². The van der Waals surface area contributed by atoms with E-state index in [9.17, 15) is 0 Å². The van der Waals surface area contributed by atoms with Gasteiger partial charge in [0, 0.05) is 24.4 Å². The number of fused-ring (bicyclic) bond motifs is 3. The van der Waals surface area contributed by atoms with Crippen LogP contribution >= 0.6 is 24.0 Å². The second-order valence-electron chi connectivity index (χ2n) is 4.72. The van der Waals surface area contributed by atoms with E-state index in [4.69, 9.17) is 22.1 Å². The molecule has 1 aromatic carbocycles. The molecule has 0 aliphatic rings. The number of alkyl halides is 1. The first-order chi connectivity index (χ1) is 10.3. The highest BCUT2D eigenvalue weighted by molar-refractivity contribution is 6.18. The number of aromatic nitrogens is 3. The van der Waals surface area contributed by atoms with E-state index in [0.29, 0.717) is 37.0 Å². The van der Waals surface area contributed by atoms with Crippen molar-refractivity contribution >= 4 is 51.8 Å². The van der Waals surface area contributed by atoms with Gasteiger partial charge in [0.2, 0.25) is 0 Å². The van der Waals surface area contributed by atoms with Crippen LogP contribution < -0.4 is 5.73 Å². The number of pyridine rings is 1. The third-order valence-electron chi connectivity index (χ3n) is 3.43. The van der Waals surface area contributed by atoms with E-state index in [1.165, 1.54) is 0 Å². The monoisotopic (exact) mass is 340 g/mol. The standard InChI is InChI=1S/C15H17ClN4O.ClH/c1-2-21-9-12-19-13-14(20(12)8-7-16)10-5-3-4-6-11(10)18-15(13)17;/h3-6H,2,7-9H2,1H3,(H2,17,18);1H. The van der Waals surface area contributed by atoms with Crippen LogP contribution in [0.1, 0.15) is 12.7 Å². The first kappa shape index (κ1) is 16.8. The maximum absolute atomic E-state index is 6.07. The van der Waals surface area contributed by atoms with Crippen molar-refractivity contribution in [2.24, 2.45) is 0 Å². The molecular formula is C15H18Cl2N4O. The second kappa shape index (κ2) is 7.13. The Labute approximate surface area is 139 Å². The van der Waals surface area contributed by atoms with E-state index in [-0.39, 0.29) is 12.4 Å². The number of para-hydroxylation sites is 1. The molecule has 118 valence electrons. The van der Waals surface area contributed by atoms with Gasteiger partial charge in [0.25, 0.3) is 0 Å². The molecule has 0 saturated carbocycles. The Morgan fingerprint density at radius 1 is 1.27 bits per heavy atom. The van der Waals surface area contributed by atoms with Gasteiger partial charge in [-0.2, -0.15) is 0 Å². The molecule has 3 rings (SSSR count). The van der Waals surface area contributed by atoms with Gasteiger partial charge in [-0.3, -0.25) is 0 Å². The van der Waals surface area contributed by atoms with Gasteiger partial charge in [0.05, 0.1) is 11.0 Å². The van der Waals surface area contributed by atoms with E-state index < -0.39 is 0 Å². The molecular weight excluding hydrogens is 323 g/mol. The highest BCUT2D eigenvalue weighted by atomic mass is 35.5. The molecule has 2 N–H and O–H groups in total. The van der Waals surface area contributed by atoms with E-state index in [0.717, 1.165) is 22.2 Å². The van der Waals surface area contributed by atoms with Crippen molar-refractivity contribution in [1.29, 1.82) is 0 Å². The molecule has 0 aliphatic carbocycles. The molecule has 0 amide bonds. The summed E-state index contributed by atoms with van der Waals surface area (Å²) >= 11 is 5.95. The second-order valence-corrected chi connectivity index (χ2v) is 5.10. The lowest BCUT2D eigenvalue weighted by atomic mass is 10.2. The highest BCUT2D eigenvalue weighted by Crippen LogP contribution is 2.29. The third kappa shape index (κ3) is 2.84. The van der Waals surface area contributed by atoms with Gasteiger partial charge in [-0.15, -0.1) is 24.0 Å². The summed E-state index contributed by atoms with van der Waals surface area (Å²) < 4.78 is 7.58. The number of anilines is 1. The number of benzene rings is 1. The lowest BCUT2D eigenvalue weighted by Gasteiger charge is -2.09. The minimum Gasteiger partial charge on any atom is -0.382 e. The van der Waals surface area contributed by atoms with Gasteiger partial charge in [-0.05, 0) is 13.0 Å². The van der Waals surface area contributed by atoms with Crippen LogP contribution in [0.2, 0.25) is 0 Å². The molecule has 0 atom stereocenters. The van der Waals surface area contributed by atoms with Crippen molar-refractivity contribution in [2.45, 2.75) is 20.1 Å². The normalized spacial score (nSPS) is 11.0. The molecule has 0 saturated heterocycles. The summed E-state index contributed by atoms with van der Waals surface area (Å²) in [5, 5.41) is 1.03. The summed E-state index contributed by atoms with van der Waals surface area (Å²) in [6, 6.07) is 7.91. The molecule has 2 aromatic heterocycles. The average molecular weight is 341 g/mol. The number of nitrogen functional groups attached to an aromatic ring is 1. The Morgan fingerprint density at radius 2 is 2.05 bits per heavy atom. The predicted molar refractivity (Wildman–Crippen MR) is 92.7 cm³/mol. The number of halogens is 2. The first-order valence-corrected chi connectivity index (χ1v) is 7.46. The number of imidazole rings is 1. The van der Waals surface area contributed by atoms with Gasteiger partial charge >= 0.3 is 0 Å². The zero-order valence-corrected chi connectivity index (χ0v) is 13.8. The van der Waals surface area contributed by atoms with Crippen molar-refractivity contribution in [2.75, 3.05) is 18.2 Å². The summed E-state index contributed by atoms with van der Waals surface area (Å²) in [7, 11) is 0. The van der Waals surface area contributed by atoms with Crippen molar-refractivity contribution in [3.05, 3.63) is 30.1 Å². The minimum atomic E-state index is 0. The topological polar surface area (TPSA) is 66.0 Å². The fraction of sp³-hybridized carbons (Fsp3) is 0.333. The molecule has 0 bridgehead atoms. The number of hydrogen-bond donors (Lipinski definition) is 1. The molecule has 7 heteroatoms. The zero-order chi connectivity index (χ0) is 14.8. The summed E-state index contributed by atoms with van der Waals surface area (Å²) in [5.74, 6) is 1.77. The molecule has 0 fully saturated rings. The van der Waals surface area contributed by atoms with Crippen molar-refractivity contribution in [1.82, 2.24) is 14.5 Å². The largest absolute Gasteiger partial charge is 0.382 e. The van der Waals surface area contributed by atoms with Crippen molar-refractivity contribution in [3.8, 4) is 0 Å². The Balaban J connectivity index is 0.00000176. The SMILES string of the molecule is CCOCc1nc2c(N)nc3ccccc3c2n1CCCl.Cl. The number of nitrogens with two attached hydrogens (primary N) is 1. The molecule has 0 aliphatic heterocycles. The number of hydrogen-bond acceptors (Lipinski definition) is 4. The molecule has 2 heterocycles. The molecule has 3 aromatic rings. The molecule has 5 nitrogen and oxygen atoms in total. The Bertz CT molecular complexity index is 788. The Morgan fingerprint density at radius 3 is 2.77 bits per heavy atom. The maximum Gasteiger partial charge on any atom is 0.152 e. The number of nitrogens with zero attached hydrogens (tertiary/aromatic N) is 3. The number of ether oxygens (including phenoxy) is 1. The van der Waals surface area contributed by atoms with Crippen LogP contribution in [0.3, 0.4) is 0 Å². The third-order valence-corrected chi connectivity index (χ3v) is 3.60. The van der Waals surface area contributed by atoms with Crippen molar-refractivity contribution in [3.63, 3.8) is 0 Å². The molecule has 0 radical (unpaired) electrons. The van der Waals surface area contributed by atoms with Crippen LogP contribution in [0.25, 0.3) is 21.9 Å². The molecule has 0 unspecified atom stereocenters. The molecule has 22 heavy (non-hydrogen) atoms. The van der Waals surface area contributed by atoms with Crippen LogP contribution in [-0.2, 0) is 17.9 Å². The summed E-state index contributed by atoms with van der Waals surface area (Å²) in [6.07, 6.45) is 0. The van der Waals surface area contributed by atoms with Gasteiger partial charge in [0.1, 0.15) is 17.9 Å². The fourth-order valence-electron chi connectivity index (χ4n) is 2.53. The Hall–Kier alpha value is -1.56. The van der Waals surface area contributed by atoms with Gasteiger partial charge < -0.3 is 15.0 Å². The number of aryl methyl sites for hydroxylation is 1. The fourth-order valence-corrected chi connectivity index (χ4v) is 2.70. The van der Waals surface area contributed by atoms with E-state index in [1.807, 2.05) is 31.2 Å². The zero-order valence-electron chi connectivity index (χ0n) is 12.3. The van der Waals surface area contributed by atoms with Crippen LogP contribution in [0.4, 0.5) is 5.82 Å². The Kier molecular flexibility index (Phi) is 5.45. The summed E-state index contributed by atoms with van der Waals surface area (Å²) in [5.41, 5.74) is 8.63. The predicted octanol–water partition coefficient (Wildman–Crippen LogP) is 3.36. The van der Waals surface area contributed by atoms with Crippen LogP contribution in [0.5, 0.6) is 0 Å². The maximum atomic E-state index is 6.07. The van der Waals surface area contributed by atoms with Crippen LogP contribution in [0, 0.1) is 0 Å². The van der Waals surface area contributed by atoms with Crippen molar-refractivity contribution < 1.29 is 4.74 Å². The lowest BCUT2D eigenvalue weighted by Crippen LogP contribution is -2.07.